The fourth-order valence-corrected chi connectivity index (χ4v) is 3.27. The average molecular weight is 369 g/mol. The third kappa shape index (κ3) is 2.80. The van der Waals surface area contributed by atoms with Crippen LogP contribution in [0.4, 0.5) is 17.1 Å². The van der Waals surface area contributed by atoms with Crippen LogP contribution < -0.4 is 10.1 Å². The van der Waals surface area contributed by atoms with Gasteiger partial charge in [0, 0.05) is 18.2 Å². The van der Waals surface area contributed by atoms with E-state index in [0.717, 1.165) is 40.0 Å². The molecule has 3 aromatic rings. The van der Waals surface area contributed by atoms with Gasteiger partial charge in [0.2, 0.25) is 0 Å². The molecule has 2 aromatic heterocycles. The highest BCUT2D eigenvalue weighted by Crippen LogP contribution is 2.40. The Balaban J connectivity index is 1.80. The number of halogens is 1. The van der Waals surface area contributed by atoms with Crippen LogP contribution in [0.15, 0.2) is 35.6 Å². The van der Waals surface area contributed by atoms with E-state index in [-0.39, 0.29) is 0 Å². The molecule has 0 radical (unpaired) electrons. The van der Waals surface area contributed by atoms with E-state index >= 15 is 0 Å². The minimum atomic E-state index is 0.429. The minimum Gasteiger partial charge on any atom is -0.492 e. The molecule has 0 bridgehead atoms. The van der Waals surface area contributed by atoms with Crippen LogP contribution in [0.2, 0.25) is 5.15 Å². The summed E-state index contributed by atoms with van der Waals surface area (Å²) in [6.07, 6.45) is 2.22. The first kappa shape index (κ1) is 16.5. The standard InChI is InChI=1S/C18H17ClN6O/c1-10-7-13-17(22-10)14(8-16(19)24-13)23-12-5-4-6-15(18(12)26-3)25-11(2)20-9-21-25/h4-6,8-9H,7H2,1-3H3,(H,23,24). The molecule has 0 spiro atoms. The molecule has 0 saturated carbocycles. The van der Waals surface area contributed by atoms with Crippen LogP contribution in [-0.4, -0.2) is 32.6 Å². The molecule has 8 heteroatoms. The number of aryl methyl sites for hydroxylation is 1. The lowest BCUT2D eigenvalue weighted by Gasteiger charge is -2.16. The van der Waals surface area contributed by atoms with Crippen LogP contribution in [-0.2, 0) is 6.42 Å². The Hall–Kier alpha value is -2.93. The van der Waals surface area contributed by atoms with Gasteiger partial charge in [-0.1, -0.05) is 17.7 Å². The highest BCUT2D eigenvalue weighted by atomic mass is 35.5. The maximum absolute atomic E-state index is 6.19. The fraction of sp³-hybridized carbons (Fsp3) is 0.222. The number of hydrogen-bond donors (Lipinski definition) is 1. The van der Waals surface area contributed by atoms with Crippen molar-refractivity contribution in [1.82, 2.24) is 19.7 Å². The monoisotopic (exact) mass is 368 g/mol. The molecule has 0 atom stereocenters. The van der Waals surface area contributed by atoms with Gasteiger partial charge in [-0.3, -0.25) is 4.99 Å². The number of pyridine rings is 1. The Labute approximate surface area is 155 Å². The zero-order valence-corrected chi connectivity index (χ0v) is 15.4. The second-order valence-corrected chi connectivity index (χ2v) is 6.40. The molecule has 7 nitrogen and oxygen atoms in total. The topological polar surface area (TPSA) is 77.2 Å². The summed E-state index contributed by atoms with van der Waals surface area (Å²) in [4.78, 5) is 13.2. The molecular formula is C18H17ClN6O. The fourth-order valence-electron chi connectivity index (χ4n) is 3.06. The van der Waals surface area contributed by atoms with Gasteiger partial charge in [0.15, 0.2) is 5.75 Å². The Morgan fingerprint density at radius 1 is 1.23 bits per heavy atom. The zero-order chi connectivity index (χ0) is 18.3. The molecule has 1 aromatic carbocycles. The van der Waals surface area contributed by atoms with E-state index in [0.29, 0.717) is 17.3 Å². The predicted octanol–water partition coefficient (Wildman–Crippen LogP) is 4.02. The molecule has 1 aliphatic heterocycles. The number of methoxy groups -OCH3 is 1. The number of aliphatic imine (C=N–C) groups is 1. The molecule has 4 rings (SSSR count). The number of nitrogens with one attached hydrogen (secondary N) is 1. The largest absolute Gasteiger partial charge is 0.492 e. The lowest BCUT2D eigenvalue weighted by atomic mass is 10.2. The summed E-state index contributed by atoms with van der Waals surface area (Å²) in [5, 5.41) is 8.09. The summed E-state index contributed by atoms with van der Waals surface area (Å²) < 4.78 is 7.40. The lowest BCUT2D eigenvalue weighted by Crippen LogP contribution is -2.04. The third-order valence-corrected chi connectivity index (χ3v) is 4.37. The molecule has 0 saturated heterocycles. The number of anilines is 2. The number of hydrogen-bond acceptors (Lipinski definition) is 6. The van der Waals surface area contributed by atoms with Gasteiger partial charge in [0.1, 0.15) is 28.7 Å². The SMILES string of the molecule is COc1c(Nc2cc(Cl)nc3c2N=C(C)C3)cccc1-n1ncnc1C. The average Bonchev–Trinajstić information content (AvgIpc) is 3.19. The van der Waals surface area contributed by atoms with Crippen LogP contribution >= 0.6 is 11.6 Å². The first-order valence-electron chi connectivity index (χ1n) is 8.11. The van der Waals surface area contributed by atoms with E-state index in [1.165, 1.54) is 6.33 Å². The zero-order valence-electron chi connectivity index (χ0n) is 14.6. The molecule has 1 N–H and O–H groups in total. The van der Waals surface area contributed by atoms with E-state index < -0.39 is 0 Å². The number of ether oxygens (including phenoxy) is 1. The Morgan fingerprint density at radius 3 is 2.81 bits per heavy atom. The molecular weight excluding hydrogens is 352 g/mol. The summed E-state index contributed by atoms with van der Waals surface area (Å²) in [5.74, 6) is 1.43. The van der Waals surface area contributed by atoms with Crippen LogP contribution in [0.25, 0.3) is 5.69 Å². The van der Waals surface area contributed by atoms with Crippen molar-refractivity contribution in [2.24, 2.45) is 4.99 Å². The number of benzene rings is 1. The second kappa shape index (κ2) is 6.42. The highest BCUT2D eigenvalue weighted by Gasteiger charge is 2.20. The molecule has 132 valence electrons. The van der Waals surface area contributed by atoms with E-state index in [1.807, 2.05) is 32.0 Å². The normalized spacial score (nSPS) is 12.7. The Bertz CT molecular complexity index is 1030. The van der Waals surface area contributed by atoms with Crippen molar-refractivity contribution in [1.29, 1.82) is 0 Å². The number of rotatable bonds is 4. The molecule has 26 heavy (non-hydrogen) atoms. The highest BCUT2D eigenvalue weighted by molar-refractivity contribution is 6.30. The Morgan fingerprint density at radius 2 is 2.08 bits per heavy atom. The third-order valence-electron chi connectivity index (χ3n) is 4.17. The molecule has 1 aliphatic rings. The van der Waals surface area contributed by atoms with Crippen molar-refractivity contribution in [3.63, 3.8) is 0 Å². The van der Waals surface area contributed by atoms with Crippen LogP contribution in [0.1, 0.15) is 18.4 Å². The van der Waals surface area contributed by atoms with Gasteiger partial charge in [0.25, 0.3) is 0 Å². The van der Waals surface area contributed by atoms with Gasteiger partial charge < -0.3 is 10.1 Å². The van der Waals surface area contributed by atoms with Gasteiger partial charge in [0.05, 0.1) is 24.2 Å². The van der Waals surface area contributed by atoms with Crippen LogP contribution in [0.3, 0.4) is 0 Å². The van der Waals surface area contributed by atoms with Crippen LogP contribution in [0, 0.1) is 6.92 Å². The molecule has 3 heterocycles. The maximum atomic E-state index is 6.19. The van der Waals surface area contributed by atoms with Gasteiger partial charge in [-0.15, -0.1) is 0 Å². The van der Waals surface area contributed by atoms with Gasteiger partial charge >= 0.3 is 0 Å². The molecule has 0 aliphatic carbocycles. The number of aromatic nitrogens is 4. The first-order chi connectivity index (χ1) is 12.6. The minimum absolute atomic E-state index is 0.429. The second-order valence-electron chi connectivity index (χ2n) is 6.01. The first-order valence-corrected chi connectivity index (χ1v) is 8.49. The molecule has 0 amide bonds. The summed E-state index contributed by atoms with van der Waals surface area (Å²) in [6, 6.07) is 7.56. The van der Waals surface area contributed by atoms with Gasteiger partial charge in [-0.25, -0.2) is 14.6 Å². The van der Waals surface area contributed by atoms with Gasteiger partial charge in [-0.05, 0) is 26.0 Å². The van der Waals surface area contributed by atoms with Crippen molar-refractivity contribution in [2.75, 3.05) is 12.4 Å². The van der Waals surface area contributed by atoms with Crippen molar-refractivity contribution >= 4 is 34.4 Å². The Kier molecular flexibility index (Phi) is 4.08. The summed E-state index contributed by atoms with van der Waals surface area (Å²) in [6.45, 7) is 3.87. The van der Waals surface area contributed by atoms with E-state index in [2.05, 4.69) is 25.4 Å². The summed E-state index contributed by atoms with van der Waals surface area (Å²) >= 11 is 6.19. The van der Waals surface area contributed by atoms with Crippen molar-refractivity contribution < 1.29 is 4.74 Å². The summed E-state index contributed by atoms with van der Waals surface area (Å²) in [5.41, 5.74) is 5.07. The molecule has 0 unspecified atom stereocenters. The number of fused-ring (bicyclic) bond motifs is 1. The predicted molar refractivity (Wildman–Crippen MR) is 102 cm³/mol. The van der Waals surface area contributed by atoms with Crippen molar-refractivity contribution in [3.8, 4) is 11.4 Å². The van der Waals surface area contributed by atoms with Crippen LogP contribution in [0.5, 0.6) is 5.75 Å². The van der Waals surface area contributed by atoms with E-state index in [1.54, 1.807) is 17.9 Å². The van der Waals surface area contributed by atoms with E-state index in [9.17, 15) is 0 Å². The number of nitrogens with zero attached hydrogens (tertiary/aromatic N) is 5. The summed E-state index contributed by atoms with van der Waals surface area (Å²) in [7, 11) is 1.63. The van der Waals surface area contributed by atoms with Crippen molar-refractivity contribution in [3.05, 3.63) is 47.3 Å². The maximum Gasteiger partial charge on any atom is 0.168 e. The van der Waals surface area contributed by atoms with Gasteiger partial charge in [-0.2, -0.15) is 5.10 Å². The quantitative estimate of drug-likeness (QED) is 0.703. The van der Waals surface area contributed by atoms with Crippen molar-refractivity contribution in [2.45, 2.75) is 20.3 Å². The lowest BCUT2D eigenvalue weighted by molar-refractivity contribution is 0.413. The smallest absolute Gasteiger partial charge is 0.168 e. The molecule has 0 fully saturated rings. The van der Waals surface area contributed by atoms with E-state index in [4.69, 9.17) is 16.3 Å². The number of para-hydroxylation sites is 1.